The summed E-state index contributed by atoms with van der Waals surface area (Å²) in [6.07, 6.45) is 0. The summed E-state index contributed by atoms with van der Waals surface area (Å²) in [5.74, 6) is -0.681. The van der Waals surface area contributed by atoms with Crippen LogP contribution < -0.4 is 11.3 Å². The molecule has 0 unspecified atom stereocenters. The molecule has 0 radical (unpaired) electrons. The minimum Gasteiger partial charge on any atom is -0.408 e. The molecule has 4 heteroatoms. The molecule has 0 N–H and O–H groups in total. The lowest BCUT2D eigenvalue weighted by atomic mass is 10.1. The van der Waals surface area contributed by atoms with Crippen LogP contribution in [0, 0.1) is 0 Å². The third kappa shape index (κ3) is 1.78. The first kappa shape index (κ1) is 12.6. The van der Waals surface area contributed by atoms with Crippen molar-refractivity contribution in [3.8, 4) is 5.69 Å². The van der Waals surface area contributed by atoms with Crippen LogP contribution in [-0.2, 0) is 0 Å². The van der Waals surface area contributed by atoms with E-state index in [1.54, 1.807) is 30.3 Å². The average Bonchev–Trinajstić information content (AvgIpc) is 2.56. The fraction of sp³-hybridized carbons (Fsp3) is 0. The predicted molar refractivity (Wildman–Crippen MR) is 85.6 cm³/mol. The summed E-state index contributed by atoms with van der Waals surface area (Å²) in [4.78, 5) is 25.0. The molecule has 22 heavy (non-hydrogen) atoms. The number of benzene rings is 3. The smallest absolute Gasteiger partial charge is 0.408 e. The van der Waals surface area contributed by atoms with Gasteiger partial charge in [-0.2, -0.15) is 0 Å². The molecule has 0 fully saturated rings. The monoisotopic (exact) mass is 289 g/mol. The molecule has 0 aliphatic heterocycles. The van der Waals surface area contributed by atoms with Crippen LogP contribution in [-0.4, -0.2) is 4.57 Å². The lowest BCUT2D eigenvalue weighted by molar-refractivity contribution is 0.506. The quantitative estimate of drug-likeness (QED) is 0.506. The van der Waals surface area contributed by atoms with Crippen LogP contribution in [0.15, 0.2) is 80.7 Å². The maximum absolute atomic E-state index is 12.7. The van der Waals surface area contributed by atoms with Crippen molar-refractivity contribution in [2.24, 2.45) is 0 Å². The highest BCUT2D eigenvalue weighted by Crippen LogP contribution is 2.22. The Kier molecular flexibility index (Phi) is 2.69. The van der Waals surface area contributed by atoms with E-state index in [9.17, 15) is 9.59 Å². The number of fused-ring (bicyclic) bond motifs is 3. The second kappa shape index (κ2) is 4.70. The van der Waals surface area contributed by atoms with Crippen molar-refractivity contribution in [2.75, 3.05) is 0 Å². The van der Waals surface area contributed by atoms with Crippen molar-refractivity contribution in [1.29, 1.82) is 0 Å². The summed E-state index contributed by atoms with van der Waals surface area (Å²) in [5.41, 5.74) is 0.458. The first-order valence-corrected chi connectivity index (χ1v) is 6.89. The number of hydrogen-bond donors (Lipinski definition) is 0. The highest BCUT2D eigenvalue weighted by Gasteiger charge is 2.13. The van der Waals surface area contributed by atoms with Crippen LogP contribution in [0.2, 0.25) is 0 Å². The summed E-state index contributed by atoms with van der Waals surface area (Å²) in [7, 11) is 0. The van der Waals surface area contributed by atoms with E-state index in [-0.39, 0.29) is 5.56 Å². The van der Waals surface area contributed by atoms with Crippen molar-refractivity contribution in [1.82, 2.24) is 4.57 Å². The molecule has 0 atom stereocenters. The number of para-hydroxylation sites is 1. The van der Waals surface area contributed by atoms with E-state index in [1.807, 2.05) is 36.4 Å². The first-order chi connectivity index (χ1) is 10.8. The third-order valence-corrected chi connectivity index (χ3v) is 3.70. The first-order valence-electron chi connectivity index (χ1n) is 6.89. The molecule has 3 aromatic carbocycles. The lowest BCUT2D eigenvalue weighted by Gasteiger charge is -2.06. The second-order valence-electron chi connectivity index (χ2n) is 5.01. The van der Waals surface area contributed by atoms with Crippen LogP contribution >= 0.6 is 0 Å². The molecule has 0 bridgehead atoms. The molecule has 4 aromatic rings. The summed E-state index contributed by atoms with van der Waals surface area (Å²) in [6.45, 7) is 0. The Morgan fingerprint density at radius 1 is 0.727 bits per heavy atom. The average molecular weight is 289 g/mol. The van der Waals surface area contributed by atoms with E-state index in [0.717, 1.165) is 15.3 Å². The zero-order valence-corrected chi connectivity index (χ0v) is 11.5. The van der Waals surface area contributed by atoms with E-state index < -0.39 is 5.76 Å². The largest absolute Gasteiger partial charge is 0.427 e. The molecule has 106 valence electrons. The molecule has 0 aliphatic carbocycles. The number of hydrogen-bond acceptors (Lipinski definition) is 3. The van der Waals surface area contributed by atoms with Crippen LogP contribution in [0.4, 0.5) is 0 Å². The van der Waals surface area contributed by atoms with Crippen molar-refractivity contribution < 1.29 is 4.42 Å². The van der Waals surface area contributed by atoms with Gasteiger partial charge in [0, 0.05) is 5.39 Å². The Labute approximate surface area is 124 Å². The van der Waals surface area contributed by atoms with Crippen molar-refractivity contribution in [2.45, 2.75) is 0 Å². The van der Waals surface area contributed by atoms with Crippen LogP contribution in [0.25, 0.3) is 27.4 Å². The zero-order valence-electron chi connectivity index (χ0n) is 11.5. The standard InChI is InChI=1S/C18H11NO3/c20-17-15-11-10-12-6-4-5-9-14(12)16(15)22-18(21)19(17)13-7-2-1-3-8-13/h1-11H. The Morgan fingerprint density at radius 3 is 2.27 bits per heavy atom. The van der Waals surface area contributed by atoms with Gasteiger partial charge in [-0.3, -0.25) is 4.79 Å². The van der Waals surface area contributed by atoms with Gasteiger partial charge in [-0.05, 0) is 23.6 Å². The molecule has 1 aromatic heterocycles. The van der Waals surface area contributed by atoms with Gasteiger partial charge in [-0.1, -0.05) is 48.5 Å². The maximum Gasteiger partial charge on any atom is 0.427 e. The Bertz CT molecular complexity index is 1110. The van der Waals surface area contributed by atoms with Crippen LogP contribution in [0.5, 0.6) is 0 Å². The van der Waals surface area contributed by atoms with E-state index in [1.165, 1.54) is 0 Å². The van der Waals surface area contributed by atoms with E-state index in [0.29, 0.717) is 16.7 Å². The Morgan fingerprint density at radius 2 is 1.45 bits per heavy atom. The van der Waals surface area contributed by atoms with Gasteiger partial charge in [0.25, 0.3) is 5.56 Å². The molecular weight excluding hydrogens is 278 g/mol. The van der Waals surface area contributed by atoms with Crippen molar-refractivity contribution in [3.05, 3.63) is 87.6 Å². The zero-order chi connectivity index (χ0) is 15.1. The highest BCUT2D eigenvalue weighted by molar-refractivity contribution is 6.03. The second-order valence-corrected chi connectivity index (χ2v) is 5.01. The van der Waals surface area contributed by atoms with Gasteiger partial charge in [0.1, 0.15) is 0 Å². The van der Waals surface area contributed by atoms with Crippen LogP contribution in [0.3, 0.4) is 0 Å². The van der Waals surface area contributed by atoms with Gasteiger partial charge in [-0.25, -0.2) is 9.36 Å². The van der Waals surface area contributed by atoms with Crippen LogP contribution in [0.1, 0.15) is 0 Å². The minimum absolute atomic E-state index is 0.334. The molecule has 0 amide bonds. The van der Waals surface area contributed by atoms with Crippen molar-refractivity contribution >= 4 is 21.7 Å². The topological polar surface area (TPSA) is 52.2 Å². The fourth-order valence-electron chi connectivity index (χ4n) is 2.66. The summed E-state index contributed by atoms with van der Waals surface area (Å²) in [6, 6.07) is 19.8. The van der Waals surface area contributed by atoms with Crippen molar-refractivity contribution in [3.63, 3.8) is 0 Å². The molecule has 0 aliphatic rings. The molecule has 0 spiro atoms. The number of rotatable bonds is 1. The molecule has 1 heterocycles. The fourth-order valence-corrected chi connectivity index (χ4v) is 2.66. The summed E-state index contributed by atoms with van der Waals surface area (Å²) >= 11 is 0. The summed E-state index contributed by atoms with van der Waals surface area (Å²) in [5, 5.41) is 2.08. The summed E-state index contributed by atoms with van der Waals surface area (Å²) < 4.78 is 6.50. The predicted octanol–water partition coefficient (Wildman–Crippen LogP) is 3.10. The van der Waals surface area contributed by atoms with Gasteiger partial charge in [0.15, 0.2) is 5.58 Å². The molecule has 4 rings (SSSR count). The molecule has 0 saturated heterocycles. The highest BCUT2D eigenvalue weighted by atomic mass is 16.4. The third-order valence-electron chi connectivity index (χ3n) is 3.70. The maximum atomic E-state index is 12.7. The Hall–Kier alpha value is -3.14. The van der Waals surface area contributed by atoms with Gasteiger partial charge >= 0.3 is 5.76 Å². The normalized spacial score (nSPS) is 11.1. The molecule has 0 saturated carbocycles. The van der Waals surface area contributed by atoms with E-state index >= 15 is 0 Å². The number of nitrogens with zero attached hydrogens (tertiary/aromatic N) is 1. The van der Waals surface area contributed by atoms with E-state index in [4.69, 9.17) is 4.42 Å². The van der Waals surface area contributed by atoms with Gasteiger partial charge < -0.3 is 4.42 Å². The lowest BCUT2D eigenvalue weighted by Crippen LogP contribution is -2.30. The van der Waals surface area contributed by atoms with Gasteiger partial charge in [0.2, 0.25) is 0 Å². The van der Waals surface area contributed by atoms with E-state index in [2.05, 4.69) is 0 Å². The SMILES string of the molecule is O=c1oc2c(ccc3ccccc32)c(=O)n1-c1ccccc1. The minimum atomic E-state index is -0.681. The molecular formula is C18H11NO3. The molecule has 4 nitrogen and oxygen atoms in total. The van der Waals surface area contributed by atoms with Gasteiger partial charge in [-0.15, -0.1) is 0 Å². The number of aromatic nitrogens is 1. The Balaban J connectivity index is 2.18. The van der Waals surface area contributed by atoms with Gasteiger partial charge in [0.05, 0.1) is 11.1 Å².